The molecule has 12 heavy (non-hydrogen) atoms. The number of hydrogen-bond acceptors (Lipinski definition) is 3. The summed E-state index contributed by atoms with van der Waals surface area (Å²) in [6, 6.07) is 0. The second kappa shape index (κ2) is 2.73. The van der Waals surface area contributed by atoms with Gasteiger partial charge in [0, 0.05) is 5.92 Å². The first kappa shape index (κ1) is 7.53. The van der Waals surface area contributed by atoms with E-state index in [-0.39, 0.29) is 5.75 Å². The summed E-state index contributed by atoms with van der Waals surface area (Å²) >= 11 is 0. The molecule has 1 saturated carbocycles. The third kappa shape index (κ3) is 1.15. The molecule has 1 fully saturated rings. The highest BCUT2D eigenvalue weighted by Gasteiger charge is 2.22. The van der Waals surface area contributed by atoms with E-state index < -0.39 is 0 Å². The second-order valence-electron chi connectivity index (χ2n) is 3.33. The average Bonchev–Trinajstić information content (AvgIpc) is 1.93. The molecule has 64 valence electrons. The standard InChI is InChI=1S/C9H12N2O/c1-6-8(12)5-10-9(11-6)7-3-2-4-7/h5,7,12H,2-4H2,1H3. The first-order valence-electron chi connectivity index (χ1n) is 4.30. The molecule has 3 nitrogen and oxygen atoms in total. The van der Waals surface area contributed by atoms with Gasteiger partial charge < -0.3 is 5.11 Å². The van der Waals surface area contributed by atoms with Gasteiger partial charge in [-0.2, -0.15) is 0 Å². The molecule has 1 N–H and O–H groups in total. The normalized spacial score (nSPS) is 17.4. The Bertz CT molecular complexity index is 295. The van der Waals surface area contributed by atoms with Crippen LogP contribution in [0, 0.1) is 6.92 Å². The van der Waals surface area contributed by atoms with Crippen LogP contribution in [-0.4, -0.2) is 15.1 Å². The van der Waals surface area contributed by atoms with Crippen LogP contribution in [-0.2, 0) is 0 Å². The van der Waals surface area contributed by atoms with Crippen molar-refractivity contribution in [1.29, 1.82) is 0 Å². The Morgan fingerprint density at radius 1 is 1.50 bits per heavy atom. The number of hydrogen-bond donors (Lipinski definition) is 1. The summed E-state index contributed by atoms with van der Waals surface area (Å²) < 4.78 is 0. The Kier molecular flexibility index (Phi) is 1.71. The van der Waals surface area contributed by atoms with Gasteiger partial charge in [0.05, 0.1) is 11.9 Å². The van der Waals surface area contributed by atoms with Crippen molar-refractivity contribution < 1.29 is 5.11 Å². The molecule has 0 amide bonds. The highest BCUT2D eigenvalue weighted by atomic mass is 16.3. The minimum atomic E-state index is 0.193. The summed E-state index contributed by atoms with van der Waals surface area (Å²) in [7, 11) is 0. The summed E-state index contributed by atoms with van der Waals surface area (Å²) in [5, 5.41) is 9.19. The van der Waals surface area contributed by atoms with Crippen LogP contribution >= 0.6 is 0 Å². The predicted octanol–water partition coefficient (Wildman–Crippen LogP) is 1.76. The van der Waals surface area contributed by atoms with Gasteiger partial charge in [-0.1, -0.05) is 6.42 Å². The molecule has 1 aliphatic rings. The molecular formula is C9H12N2O. The Hall–Kier alpha value is -1.12. The summed E-state index contributed by atoms with van der Waals surface area (Å²) in [5.74, 6) is 1.64. The lowest BCUT2D eigenvalue weighted by Gasteiger charge is -2.23. The minimum Gasteiger partial charge on any atom is -0.504 e. The number of aromatic nitrogens is 2. The van der Waals surface area contributed by atoms with Gasteiger partial charge in [0.2, 0.25) is 0 Å². The number of aryl methyl sites for hydroxylation is 1. The van der Waals surface area contributed by atoms with Crippen molar-refractivity contribution in [3.05, 3.63) is 17.7 Å². The molecular weight excluding hydrogens is 152 g/mol. The van der Waals surface area contributed by atoms with Crippen LogP contribution in [0.1, 0.15) is 36.7 Å². The summed E-state index contributed by atoms with van der Waals surface area (Å²) in [6.07, 6.45) is 5.18. The van der Waals surface area contributed by atoms with Crippen LogP contribution < -0.4 is 0 Å². The van der Waals surface area contributed by atoms with Crippen molar-refractivity contribution in [2.24, 2.45) is 0 Å². The molecule has 1 aliphatic carbocycles. The molecule has 0 atom stereocenters. The van der Waals surface area contributed by atoms with E-state index in [4.69, 9.17) is 0 Å². The van der Waals surface area contributed by atoms with E-state index in [1.54, 1.807) is 6.92 Å². The van der Waals surface area contributed by atoms with Crippen LogP contribution in [0.4, 0.5) is 0 Å². The molecule has 2 rings (SSSR count). The Balaban J connectivity index is 2.27. The quantitative estimate of drug-likeness (QED) is 0.687. The smallest absolute Gasteiger partial charge is 0.155 e. The van der Waals surface area contributed by atoms with Crippen LogP contribution in [0.15, 0.2) is 6.20 Å². The molecule has 0 spiro atoms. The lowest BCUT2D eigenvalue weighted by molar-refractivity contribution is 0.396. The van der Waals surface area contributed by atoms with E-state index in [2.05, 4.69) is 9.97 Å². The van der Waals surface area contributed by atoms with Crippen LogP contribution in [0.3, 0.4) is 0 Å². The van der Waals surface area contributed by atoms with E-state index in [9.17, 15) is 5.11 Å². The molecule has 1 aromatic heterocycles. The molecule has 0 radical (unpaired) electrons. The number of nitrogens with zero attached hydrogens (tertiary/aromatic N) is 2. The third-order valence-corrected chi connectivity index (χ3v) is 2.44. The third-order valence-electron chi connectivity index (χ3n) is 2.44. The Labute approximate surface area is 71.5 Å². The van der Waals surface area contributed by atoms with Gasteiger partial charge in [-0.05, 0) is 19.8 Å². The van der Waals surface area contributed by atoms with Gasteiger partial charge >= 0.3 is 0 Å². The molecule has 3 heteroatoms. The first-order chi connectivity index (χ1) is 5.77. The van der Waals surface area contributed by atoms with E-state index in [1.165, 1.54) is 25.5 Å². The fraction of sp³-hybridized carbons (Fsp3) is 0.556. The average molecular weight is 164 g/mol. The maximum Gasteiger partial charge on any atom is 0.155 e. The van der Waals surface area contributed by atoms with Crippen molar-refractivity contribution in [2.75, 3.05) is 0 Å². The fourth-order valence-corrected chi connectivity index (χ4v) is 1.34. The Morgan fingerprint density at radius 3 is 2.75 bits per heavy atom. The van der Waals surface area contributed by atoms with E-state index in [1.807, 2.05) is 0 Å². The monoisotopic (exact) mass is 164 g/mol. The van der Waals surface area contributed by atoms with Gasteiger partial charge in [-0.3, -0.25) is 0 Å². The lowest BCUT2D eigenvalue weighted by Crippen LogP contribution is -2.12. The predicted molar refractivity (Wildman–Crippen MR) is 45.0 cm³/mol. The zero-order valence-electron chi connectivity index (χ0n) is 7.12. The maximum atomic E-state index is 9.19. The zero-order chi connectivity index (χ0) is 8.55. The molecule has 0 aliphatic heterocycles. The van der Waals surface area contributed by atoms with Crippen LogP contribution in [0.25, 0.3) is 0 Å². The van der Waals surface area contributed by atoms with Gasteiger partial charge in [0.1, 0.15) is 5.82 Å². The van der Waals surface area contributed by atoms with Crippen molar-refractivity contribution in [3.8, 4) is 5.75 Å². The van der Waals surface area contributed by atoms with Crippen molar-refractivity contribution in [1.82, 2.24) is 9.97 Å². The van der Waals surface area contributed by atoms with Crippen LogP contribution in [0.2, 0.25) is 0 Å². The highest BCUT2D eigenvalue weighted by Crippen LogP contribution is 2.34. The fourth-order valence-electron chi connectivity index (χ4n) is 1.34. The van der Waals surface area contributed by atoms with Crippen LogP contribution in [0.5, 0.6) is 5.75 Å². The molecule has 0 bridgehead atoms. The van der Waals surface area contributed by atoms with Gasteiger partial charge in [0.15, 0.2) is 5.75 Å². The van der Waals surface area contributed by atoms with E-state index in [0.29, 0.717) is 11.6 Å². The van der Waals surface area contributed by atoms with E-state index in [0.717, 1.165) is 5.82 Å². The van der Waals surface area contributed by atoms with Gasteiger partial charge in [-0.15, -0.1) is 0 Å². The van der Waals surface area contributed by atoms with Crippen molar-refractivity contribution >= 4 is 0 Å². The highest BCUT2D eigenvalue weighted by molar-refractivity contribution is 5.22. The summed E-state index contributed by atoms with van der Waals surface area (Å²) in [6.45, 7) is 1.80. The molecule has 0 saturated heterocycles. The molecule has 0 aromatic carbocycles. The summed E-state index contributed by atoms with van der Waals surface area (Å²) in [5.41, 5.74) is 0.687. The zero-order valence-corrected chi connectivity index (χ0v) is 7.12. The first-order valence-corrected chi connectivity index (χ1v) is 4.30. The minimum absolute atomic E-state index is 0.193. The largest absolute Gasteiger partial charge is 0.504 e. The van der Waals surface area contributed by atoms with Gasteiger partial charge in [0.25, 0.3) is 0 Å². The number of aromatic hydroxyl groups is 1. The van der Waals surface area contributed by atoms with Crippen molar-refractivity contribution in [2.45, 2.75) is 32.1 Å². The van der Waals surface area contributed by atoms with Crippen molar-refractivity contribution in [3.63, 3.8) is 0 Å². The molecule has 1 aromatic rings. The maximum absolute atomic E-state index is 9.19. The van der Waals surface area contributed by atoms with Gasteiger partial charge in [-0.25, -0.2) is 9.97 Å². The SMILES string of the molecule is Cc1nc(C2CCC2)ncc1O. The second-order valence-corrected chi connectivity index (χ2v) is 3.33. The topological polar surface area (TPSA) is 46.0 Å². The molecule has 1 heterocycles. The Morgan fingerprint density at radius 2 is 2.25 bits per heavy atom. The molecule has 0 unspecified atom stereocenters. The van der Waals surface area contributed by atoms with E-state index >= 15 is 0 Å². The number of rotatable bonds is 1. The lowest BCUT2D eigenvalue weighted by atomic mass is 9.85. The summed E-state index contributed by atoms with van der Waals surface area (Å²) in [4.78, 5) is 8.33.